The Bertz CT molecular complexity index is 1150. The Morgan fingerprint density at radius 3 is 2.50 bits per heavy atom. The Balaban J connectivity index is 1.36. The van der Waals surface area contributed by atoms with E-state index in [-0.39, 0.29) is 23.4 Å². The molecule has 0 spiro atoms. The number of aromatic nitrogens is 5. The number of halogens is 1. The van der Waals surface area contributed by atoms with Gasteiger partial charge in [0.2, 0.25) is 20.9 Å². The van der Waals surface area contributed by atoms with Crippen LogP contribution in [0.3, 0.4) is 0 Å². The number of piperidine rings is 1. The lowest BCUT2D eigenvalue weighted by atomic mass is 10.1. The van der Waals surface area contributed by atoms with Gasteiger partial charge in [-0.1, -0.05) is 12.1 Å². The van der Waals surface area contributed by atoms with Crippen molar-refractivity contribution in [1.29, 1.82) is 0 Å². The number of aryl methyl sites for hydroxylation is 1. The van der Waals surface area contributed by atoms with Crippen LogP contribution in [0.15, 0.2) is 48.1 Å². The Hall–Kier alpha value is -3.08. The van der Waals surface area contributed by atoms with Gasteiger partial charge in [0.15, 0.2) is 0 Å². The second-order valence-corrected chi connectivity index (χ2v) is 9.40. The summed E-state index contributed by atoms with van der Waals surface area (Å²) in [6.07, 6.45) is 5.41. The summed E-state index contributed by atoms with van der Waals surface area (Å²) >= 11 is 0. The minimum Gasteiger partial charge on any atom is -0.341 e. The quantitative estimate of drug-likeness (QED) is 0.602. The molecule has 1 amide bonds. The summed E-state index contributed by atoms with van der Waals surface area (Å²) < 4.78 is 41.5. The summed E-state index contributed by atoms with van der Waals surface area (Å²) in [5.41, 5.74) is 1.60. The van der Waals surface area contributed by atoms with Gasteiger partial charge in [-0.05, 0) is 30.5 Å². The predicted molar refractivity (Wildman–Crippen MR) is 105 cm³/mol. The number of carbonyl (C=O) groups is 1. The lowest BCUT2D eigenvalue weighted by Crippen LogP contribution is -2.44. The van der Waals surface area contributed by atoms with Crippen molar-refractivity contribution in [3.8, 4) is 11.1 Å². The van der Waals surface area contributed by atoms with Gasteiger partial charge in [0.05, 0.1) is 11.4 Å². The number of amides is 1. The van der Waals surface area contributed by atoms with E-state index in [4.69, 9.17) is 0 Å². The number of carbonyl (C=O) groups excluding carboxylic acids is 1. The van der Waals surface area contributed by atoms with Gasteiger partial charge >= 0.3 is 0 Å². The zero-order valence-corrected chi connectivity index (χ0v) is 17.2. The molecule has 0 bridgehead atoms. The molecule has 3 heterocycles. The summed E-state index contributed by atoms with van der Waals surface area (Å²) in [6.45, 7) is 0.765. The van der Waals surface area contributed by atoms with Crippen LogP contribution in [0.25, 0.3) is 11.1 Å². The smallest absolute Gasteiger partial charge is 0.249 e. The molecule has 1 aliphatic rings. The average Bonchev–Trinajstić information content (AvgIpc) is 3.38. The van der Waals surface area contributed by atoms with Gasteiger partial charge in [0.1, 0.15) is 18.7 Å². The normalized spacial score (nSPS) is 15.5. The lowest BCUT2D eigenvalue weighted by molar-refractivity contribution is -0.132. The molecule has 0 atom stereocenters. The van der Waals surface area contributed by atoms with E-state index in [2.05, 4.69) is 15.3 Å². The summed E-state index contributed by atoms with van der Waals surface area (Å²) in [5.74, 6) is -0.441. The van der Waals surface area contributed by atoms with Gasteiger partial charge in [-0.15, -0.1) is 10.2 Å². The van der Waals surface area contributed by atoms with Crippen LogP contribution in [-0.2, 0) is 28.2 Å². The van der Waals surface area contributed by atoms with E-state index in [0.29, 0.717) is 25.9 Å². The fourth-order valence-electron chi connectivity index (χ4n) is 3.57. The molecule has 11 heteroatoms. The van der Waals surface area contributed by atoms with Crippen LogP contribution in [-0.4, -0.2) is 62.1 Å². The zero-order valence-electron chi connectivity index (χ0n) is 16.3. The molecular weight excluding hydrogens is 411 g/mol. The van der Waals surface area contributed by atoms with E-state index in [1.54, 1.807) is 36.5 Å². The number of rotatable bonds is 5. The second-order valence-electron chi connectivity index (χ2n) is 7.28. The summed E-state index contributed by atoms with van der Waals surface area (Å²) in [4.78, 5) is 14.3. The highest BCUT2D eigenvalue weighted by Gasteiger charge is 2.35. The average molecular weight is 432 g/mol. The fourth-order valence-corrected chi connectivity index (χ4v) is 5.31. The maximum absolute atomic E-state index is 13.1. The van der Waals surface area contributed by atoms with Crippen LogP contribution in [0.5, 0.6) is 0 Å². The fraction of sp³-hybridized carbons (Fsp3) is 0.368. The van der Waals surface area contributed by atoms with Crippen molar-refractivity contribution >= 4 is 15.7 Å². The van der Waals surface area contributed by atoms with Gasteiger partial charge in [0.25, 0.3) is 0 Å². The van der Waals surface area contributed by atoms with Crippen LogP contribution < -0.4 is 0 Å². The molecule has 9 nitrogen and oxygen atoms in total. The molecule has 2 aromatic heterocycles. The van der Waals surface area contributed by atoms with Crippen molar-refractivity contribution in [2.45, 2.75) is 29.8 Å². The van der Waals surface area contributed by atoms with Crippen molar-refractivity contribution in [1.82, 2.24) is 29.4 Å². The van der Waals surface area contributed by atoms with Gasteiger partial charge in [-0.25, -0.2) is 12.8 Å². The zero-order chi connectivity index (χ0) is 21.3. The first-order chi connectivity index (χ1) is 14.3. The predicted octanol–water partition coefficient (Wildman–Crippen LogP) is 1.28. The molecule has 30 heavy (non-hydrogen) atoms. The largest absolute Gasteiger partial charge is 0.341 e. The van der Waals surface area contributed by atoms with Crippen LogP contribution in [0.1, 0.15) is 12.8 Å². The number of likely N-dealkylation sites (tertiary alicyclic amines) is 1. The Morgan fingerprint density at radius 1 is 1.17 bits per heavy atom. The van der Waals surface area contributed by atoms with Crippen molar-refractivity contribution in [2.75, 3.05) is 13.1 Å². The maximum Gasteiger partial charge on any atom is 0.249 e. The van der Waals surface area contributed by atoms with Crippen molar-refractivity contribution < 1.29 is 17.6 Å². The number of nitrogens with zero attached hydrogens (tertiary/aromatic N) is 6. The highest BCUT2D eigenvalue weighted by Crippen LogP contribution is 2.23. The Labute approximate surface area is 173 Å². The SMILES string of the molecule is Cn1cnnc1S(=O)(=O)C1CCN(C(=O)Cn2cc(-c3ccc(F)cc3)cn2)CC1. The molecule has 1 fully saturated rings. The first-order valence-electron chi connectivity index (χ1n) is 9.48. The van der Waals surface area contributed by atoms with E-state index in [9.17, 15) is 17.6 Å². The van der Waals surface area contributed by atoms with Crippen molar-refractivity contribution in [2.24, 2.45) is 7.05 Å². The minimum absolute atomic E-state index is 0.0443. The third-order valence-electron chi connectivity index (χ3n) is 5.27. The van der Waals surface area contributed by atoms with E-state index in [1.165, 1.54) is 27.7 Å². The molecule has 0 aliphatic carbocycles. The lowest BCUT2D eigenvalue weighted by Gasteiger charge is -2.31. The molecule has 0 saturated carbocycles. The molecular formula is C19H21FN6O3S. The molecule has 0 radical (unpaired) electrons. The first kappa shape index (κ1) is 20.2. The Morgan fingerprint density at radius 2 is 1.87 bits per heavy atom. The van der Waals surface area contributed by atoms with Crippen molar-refractivity contribution in [3.05, 3.63) is 48.8 Å². The molecule has 1 aliphatic heterocycles. The number of hydrogen-bond donors (Lipinski definition) is 0. The topological polar surface area (TPSA) is 103 Å². The highest BCUT2D eigenvalue weighted by atomic mass is 32.2. The number of benzene rings is 1. The van der Waals surface area contributed by atoms with Gasteiger partial charge in [-0.2, -0.15) is 5.10 Å². The molecule has 0 N–H and O–H groups in total. The van der Waals surface area contributed by atoms with Crippen LogP contribution in [0, 0.1) is 5.82 Å². The van der Waals surface area contributed by atoms with Gasteiger partial charge in [0, 0.05) is 31.9 Å². The molecule has 158 valence electrons. The molecule has 4 rings (SSSR count). The third-order valence-corrected chi connectivity index (χ3v) is 7.49. The summed E-state index contributed by atoms with van der Waals surface area (Å²) in [5, 5.41) is 10.9. The minimum atomic E-state index is -3.58. The number of sulfone groups is 1. The highest BCUT2D eigenvalue weighted by molar-refractivity contribution is 7.91. The summed E-state index contributed by atoms with van der Waals surface area (Å²) in [7, 11) is -1.99. The van der Waals surface area contributed by atoms with Gasteiger partial charge < -0.3 is 9.47 Å². The van der Waals surface area contributed by atoms with Crippen molar-refractivity contribution in [3.63, 3.8) is 0 Å². The maximum atomic E-state index is 13.1. The molecule has 1 saturated heterocycles. The second kappa shape index (κ2) is 7.98. The van der Waals surface area contributed by atoms with Crippen LogP contribution in [0.4, 0.5) is 4.39 Å². The molecule has 0 unspecified atom stereocenters. The van der Waals surface area contributed by atoms with E-state index in [1.807, 2.05) is 0 Å². The van der Waals surface area contributed by atoms with E-state index >= 15 is 0 Å². The van der Waals surface area contributed by atoms with Crippen LogP contribution >= 0.6 is 0 Å². The molecule has 3 aromatic rings. The summed E-state index contributed by atoms with van der Waals surface area (Å²) in [6, 6.07) is 6.05. The standard InChI is InChI=1S/C19H21FN6O3S/c1-24-13-21-23-19(24)30(28,29)17-6-8-25(9-7-17)18(27)12-26-11-15(10-22-26)14-2-4-16(20)5-3-14/h2-5,10-11,13,17H,6-9,12H2,1H3. The van der Waals surface area contributed by atoms with E-state index in [0.717, 1.165) is 11.1 Å². The Kier molecular flexibility index (Phi) is 5.37. The van der Waals surface area contributed by atoms with Gasteiger partial charge in [-0.3, -0.25) is 9.48 Å². The molecule has 1 aromatic carbocycles. The first-order valence-corrected chi connectivity index (χ1v) is 11.0. The van der Waals surface area contributed by atoms with Crippen LogP contribution in [0.2, 0.25) is 0 Å². The third kappa shape index (κ3) is 3.97. The van der Waals surface area contributed by atoms with E-state index < -0.39 is 15.1 Å². The monoisotopic (exact) mass is 432 g/mol. The number of hydrogen-bond acceptors (Lipinski definition) is 6.